The van der Waals surface area contributed by atoms with Gasteiger partial charge >= 0.3 is 6.03 Å². The molecule has 6 nitrogen and oxygen atoms in total. The molecular formula is C25H39N3O3. The second kappa shape index (κ2) is 11.3. The lowest BCUT2D eigenvalue weighted by molar-refractivity contribution is -0.139. The number of hydrogen-bond donors (Lipinski definition) is 1. The van der Waals surface area contributed by atoms with E-state index in [1.165, 1.54) is 0 Å². The zero-order valence-electron chi connectivity index (χ0n) is 19.8. The minimum Gasteiger partial charge on any atom is -0.341 e. The fourth-order valence-corrected chi connectivity index (χ4v) is 3.87. The third-order valence-corrected chi connectivity index (χ3v) is 5.95. The normalized spacial score (nSPS) is 18.7. The number of nitrogens with zero attached hydrogens (tertiary/aromatic N) is 2. The molecule has 4 amide bonds. The van der Waals surface area contributed by atoms with Crippen molar-refractivity contribution in [2.24, 2.45) is 11.8 Å². The minimum atomic E-state index is -1.09. The van der Waals surface area contributed by atoms with Gasteiger partial charge in [-0.2, -0.15) is 0 Å². The molecule has 1 saturated heterocycles. The van der Waals surface area contributed by atoms with Gasteiger partial charge in [0.2, 0.25) is 5.91 Å². The number of benzene rings is 1. The third-order valence-electron chi connectivity index (χ3n) is 5.95. The van der Waals surface area contributed by atoms with E-state index in [0.717, 1.165) is 36.1 Å². The molecule has 1 atom stereocenters. The number of carbonyl (C=O) groups is 3. The molecule has 1 aliphatic heterocycles. The van der Waals surface area contributed by atoms with Gasteiger partial charge in [0.1, 0.15) is 12.1 Å². The zero-order valence-corrected chi connectivity index (χ0v) is 19.8. The highest BCUT2D eigenvalue weighted by Gasteiger charge is 2.52. The topological polar surface area (TPSA) is 69.7 Å². The summed E-state index contributed by atoms with van der Waals surface area (Å²) < 4.78 is 0. The molecule has 0 aromatic heterocycles. The average molecular weight is 430 g/mol. The van der Waals surface area contributed by atoms with Crippen LogP contribution in [0.4, 0.5) is 4.79 Å². The summed E-state index contributed by atoms with van der Waals surface area (Å²) in [5.41, 5.74) is -0.316. The highest BCUT2D eigenvalue weighted by molar-refractivity contribution is 6.09. The van der Waals surface area contributed by atoms with Crippen molar-refractivity contribution < 1.29 is 14.4 Å². The molecule has 1 N–H and O–H groups in total. The number of unbranched alkanes of at least 4 members (excludes halogenated alkanes) is 1. The molecule has 31 heavy (non-hydrogen) atoms. The summed E-state index contributed by atoms with van der Waals surface area (Å²) in [6.07, 6.45) is 4.03. The first kappa shape index (κ1) is 24.9. The molecule has 1 fully saturated rings. The van der Waals surface area contributed by atoms with Gasteiger partial charge in [0.05, 0.1) is 0 Å². The van der Waals surface area contributed by atoms with E-state index in [9.17, 15) is 14.4 Å². The lowest BCUT2D eigenvalue weighted by Gasteiger charge is -2.28. The number of nitrogens with one attached hydrogen (secondary N) is 1. The van der Waals surface area contributed by atoms with Crippen molar-refractivity contribution in [3.05, 3.63) is 35.9 Å². The molecular weight excluding hydrogens is 390 g/mol. The molecule has 1 heterocycles. The van der Waals surface area contributed by atoms with Crippen molar-refractivity contribution >= 4 is 17.8 Å². The Balaban J connectivity index is 2.21. The molecule has 2 rings (SSSR count). The van der Waals surface area contributed by atoms with Crippen LogP contribution in [0.2, 0.25) is 0 Å². The van der Waals surface area contributed by atoms with Gasteiger partial charge in [-0.15, -0.1) is 0 Å². The third kappa shape index (κ3) is 6.31. The Kier molecular flexibility index (Phi) is 9.08. The fraction of sp³-hybridized carbons (Fsp3) is 0.640. The van der Waals surface area contributed by atoms with E-state index in [4.69, 9.17) is 0 Å². The first-order valence-electron chi connectivity index (χ1n) is 11.7. The Morgan fingerprint density at radius 3 is 2.13 bits per heavy atom. The van der Waals surface area contributed by atoms with Crippen LogP contribution in [0.25, 0.3) is 0 Å². The molecule has 0 spiro atoms. The van der Waals surface area contributed by atoms with Crippen molar-refractivity contribution in [3.8, 4) is 0 Å². The minimum absolute atomic E-state index is 0.163. The Labute approximate surface area is 187 Å². The van der Waals surface area contributed by atoms with Gasteiger partial charge in [0, 0.05) is 13.1 Å². The van der Waals surface area contributed by atoms with Crippen LogP contribution >= 0.6 is 0 Å². The maximum Gasteiger partial charge on any atom is 0.325 e. The van der Waals surface area contributed by atoms with E-state index in [2.05, 4.69) is 39.9 Å². The van der Waals surface area contributed by atoms with Crippen LogP contribution in [-0.4, -0.2) is 47.3 Å². The Hall–Kier alpha value is -2.37. The highest BCUT2D eigenvalue weighted by atomic mass is 16.2. The summed E-state index contributed by atoms with van der Waals surface area (Å²) in [6, 6.07) is 8.89. The van der Waals surface area contributed by atoms with Gasteiger partial charge in [-0.25, -0.2) is 4.79 Å². The number of carbonyl (C=O) groups excluding carboxylic acids is 3. The standard InChI is InChI=1S/C25H39N3O3/c1-6-7-15-25(21-11-9-8-10-12-21)23(30)28(24(31)26-25)18-22(29)27(16-13-19(2)3)17-14-20(4)5/h8-12,19-20H,6-7,13-18H2,1-5H3,(H,26,31). The highest BCUT2D eigenvalue weighted by Crippen LogP contribution is 2.34. The average Bonchev–Trinajstić information content (AvgIpc) is 2.97. The predicted octanol–water partition coefficient (Wildman–Crippen LogP) is 4.54. The van der Waals surface area contributed by atoms with Crippen LogP contribution in [-0.2, 0) is 15.1 Å². The van der Waals surface area contributed by atoms with E-state index in [0.29, 0.717) is 31.3 Å². The van der Waals surface area contributed by atoms with Gasteiger partial charge in [0.25, 0.3) is 5.91 Å². The van der Waals surface area contributed by atoms with Crippen LogP contribution in [0.5, 0.6) is 0 Å². The van der Waals surface area contributed by atoms with Gasteiger partial charge in [-0.1, -0.05) is 77.8 Å². The Morgan fingerprint density at radius 2 is 1.61 bits per heavy atom. The van der Waals surface area contributed by atoms with Crippen LogP contribution < -0.4 is 5.32 Å². The van der Waals surface area contributed by atoms with Gasteiger partial charge < -0.3 is 10.2 Å². The fourth-order valence-electron chi connectivity index (χ4n) is 3.87. The molecule has 172 valence electrons. The largest absolute Gasteiger partial charge is 0.341 e. The molecule has 6 heteroatoms. The van der Waals surface area contributed by atoms with Crippen molar-refractivity contribution in [1.29, 1.82) is 0 Å². The van der Waals surface area contributed by atoms with Crippen LogP contribution in [0.3, 0.4) is 0 Å². The van der Waals surface area contributed by atoms with Gasteiger partial charge in [-0.05, 0) is 36.7 Å². The van der Waals surface area contributed by atoms with Gasteiger partial charge in [0.15, 0.2) is 0 Å². The van der Waals surface area contributed by atoms with E-state index < -0.39 is 11.6 Å². The summed E-state index contributed by atoms with van der Waals surface area (Å²) in [5, 5.41) is 2.93. The smallest absolute Gasteiger partial charge is 0.325 e. The molecule has 0 radical (unpaired) electrons. The first-order chi connectivity index (χ1) is 14.7. The summed E-state index contributed by atoms with van der Waals surface area (Å²) in [5.74, 6) is 0.471. The molecule has 0 bridgehead atoms. The summed E-state index contributed by atoms with van der Waals surface area (Å²) in [6.45, 7) is 11.7. The van der Waals surface area contributed by atoms with Gasteiger partial charge in [-0.3, -0.25) is 14.5 Å². The first-order valence-corrected chi connectivity index (χ1v) is 11.7. The lowest BCUT2D eigenvalue weighted by atomic mass is 9.85. The number of amides is 4. The zero-order chi connectivity index (χ0) is 23.0. The molecule has 0 saturated carbocycles. The Morgan fingerprint density at radius 1 is 1.03 bits per heavy atom. The maximum atomic E-state index is 13.5. The number of urea groups is 1. The number of imide groups is 1. The maximum absolute atomic E-state index is 13.5. The van der Waals surface area contributed by atoms with Crippen molar-refractivity contribution in [3.63, 3.8) is 0 Å². The lowest BCUT2D eigenvalue weighted by Crippen LogP contribution is -2.46. The molecule has 1 aromatic rings. The number of hydrogen-bond acceptors (Lipinski definition) is 3. The predicted molar refractivity (Wildman–Crippen MR) is 123 cm³/mol. The van der Waals surface area contributed by atoms with Crippen LogP contribution in [0.15, 0.2) is 30.3 Å². The SMILES string of the molecule is CCCCC1(c2ccccc2)NC(=O)N(CC(=O)N(CCC(C)C)CCC(C)C)C1=O. The quantitative estimate of drug-likeness (QED) is 0.496. The Bertz CT molecular complexity index is 736. The second-order valence-corrected chi connectivity index (χ2v) is 9.44. The molecule has 1 aromatic carbocycles. The van der Waals surface area contributed by atoms with Crippen molar-refractivity contribution in [1.82, 2.24) is 15.1 Å². The van der Waals surface area contributed by atoms with E-state index in [1.807, 2.05) is 35.2 Å². The van der Waals surface area contributed by atoms with Crippen molar-refractivity contribution in [2.45, 2.75) is 72.3 Å². The van der Waals surface area contributed by atoms with Crippen LogP contribution in [0.1, 0.15) is 72.3 Å². The summed E-state index contributed by atoms with van der Waals surface area (Å²) in [7, 11) is 0. The second-order valence-electron chi connectivity index (χ2n) is 9.44. The van der Waals surface area contributed by atoms with E-state index in [1.54, 1.807) is 0 Å². The molecule has 1 aliphatic rings. The monoisotopic (exact) mass is 429 g/mol. The molecule has 0 aliphatic carbocycles. The van der Waals surface area contributed by atoms with Crippen LogP contribution in [0, 0.1) is 11.8 Å². The summed E-state index contributed by atoms with van der Waals surface area (Å²) >= 11 is 0. The number of rotatable bonds is 12. The molecule has 1 unspecified atom stereocenters. The van der Waals surface area contributed by atoms with Crippen molar-refractivity contribution in [2.75, 3.05) is 19.6 Å². The van der Waals surface area contributed by atoms with E-state index in [-0.39, 0.29) is 18.4 Å². The summed E-state index contributed by atoms with van der Waals surface area (Å²) in [4.78, 5) is 42.4. The van der Waals surface area contributed by atoms with E-state index >= 15 is 0 Å².